The largest absolute Gasteiger partial charge is 0.472 e. The first kappa shape index (κ1) is 72.9. The molecule has 0 rings (SSSR count). The van der Waals surface area contributed by atoms with Gasteiger partial charge in [0.1, 0.15) is 12.7 Å². The van der Waals surface area contributed by atoms with Gasteiger partial charge in [-0.15, -0.1) is 0 Å². The van der Waals surface area contributed by atoms with Crippen LogP contribution in [0.1, 0.15) is 278 Å². The van der Waals surface area contributed by atoms with Gasteiger partial charge >= 0.3 is 25.7 Å². The van der Waals surface area contributed by atoms with Crippen LogP contribution in [0.5, 0.6) is 0 Å². The van der Waals surface area contributed by atoms with E-state index >= 15 is 0 Å². The van der Waals surface area contributed by atoms with Gasteiger partial charge in [-0.2, -0.15) is 0 Å². The number of aliphatic hydroxyl groups excluding tert-OH is 1. The predicted molar refractivity (Wildman–Crippen MR) is 316 cm³/mol. The normalized spacial score (nSPS) is 13.8. The Balaban J connectivity index is 4.71. The van der Waals surface area contributed by atoms with Crippen LogP contribution in [-0.2, 0) is 42.2 Å². The Labute approximate surface area is 465 Å². The van der Waals surface area contributed by atoms with Crippen molar-refractivity contribution in [1.29, 1.82) is 0 Å². The Bertz CT molecular complexity index is 1550. The first-order chi connectivity index (χ1) is 37.2. The number of hydrogen-bond acceptors (Lipinski definition) is 10. The molecule has 0 spiro atoms. The molecule has 0 aromatic carbocycles. The fourth-order valence-electron chi connectivity index (χ4n) is 8.40. The minimum atomic E-state index is -4.76. The van der Waals surface area contributed by atoms with Gasteiger partial charge < -0.3 is 24.2 Å². The van der Waals surface area contributed by atoms with Crippen LogP contribution in [-0.4, -0.2) is 66.5 Å². The van der Waals surface area contributed by atoms with E-state index in [9.17, 15) is 28.9 Å². The van der Waals surface area contributed by atoms with E-state index < -0.39 is 57.8 Å². The molecular weight excluding hydrogens is 976 g/mol. The molecule has 0 aliphatic rings. The third kappa shape index (κ3) is 55.7. The van der Waals surface area contributed by atoms with Crippen LogP contribution in [0.3, 0.4) is 0 Å². The van der Waals surface area contributed by atoms with E-state index in [4.69, 9.17) is 23.3 Å². The number of hydrogen-bond donors (Lipinski definition) is 2. The van der Waals surface area contributed by atoms with Crippen LogP contribution >= 0.6 is 7.82 Å². The molecule has 3 unspecified atom stereocenters. The lowest BCUT2D eigenvalue weighted by Gasteiger charge is -2.21. The molecule has 0 aliphatic carbocycles. The SMILES string of the molecule is CC/C=C\C/C=C\C/C=C\C/C=C\CCCCCCCCC(=O)OC(COC(=O)CCCCCCC/C=C\CCCCCC)COP(=O)(O)OCC(CO)OC(=O)CCCCCCCCC/C=C\CCCCCCCC. The van der Waals surface area contributed by atoms with Crippen molar-refractivity contribution in [3.8, 4) is 0 Å². The highest BCUT2D eigenvalue weighted by atomic mass is 31.2. The van der Waals surface area contributed by atoms with Gasteiger partial charge in [-0.05, 0) is 109 Å². The fourth-order valence-corrected chi connectivity index (χ4v) is 9.18. The standard InChI is InChI=1S/C64H113O11P/c1-4-7-10-13-16-19-22-25-27-29-30-32-34-37-40-43-46-49-52-55-64(68)75-61(57-71-62(66)53-50-47-44-41-38-35-24-21-18-15-12-9-6-3)59-73-76(69,70)72-58-60(56-65)74-63(67)54-51-48-45-42-39-36-33-31-28-26-23-20-17-14-11-8-5-2/h7,10,16,19,21,24-28,30,32,60-61,65H,4-6,8-9,11-15,17-18,20,22-23,29,31,33-59H2,1-3H3,(H,69,70)/b10-7-,19-16-,24-21-,27-25-,28-26-,32-30-. The molecule has 12 heteroatoms. The second-order valence-electron chi connectivity index (χ2n) is 20.5. The minimum Gasteiger partial charge on any atom is -0.462 e. The summed E-state index contributed by atoms with van der Waals surface area (Å²) in [7, 11) is -4.76. The van der Waals surface area contributed by atoms with E-state index in [2.05, 4.69) is 93.7 Å². The lowest BCUT2D eigenvalue weighted by molar-refractivity contribution is -0.161. The second-order valence-corrected chi connectivity index (χ2v) is 21.9. The summed E-state index contributed by atoms with van der Waals surface area (Å²) in [6.45, 7) is 4.51. The van der Waals surface area contributed by atoms with Crippen molar-refractivity contribution in [3.05, 3.63) is 72.9 Å². The van der Waals surface area contributed by atoms with Gasteiger partial charge in [-0.3, -0.25) is 23.4 Å². The van der Waals surface area contributed by atoms with Gasteiger partial charge in [0.15, 0.2) is 6.10 Å². The smallest absolute Gasteiger partial charge is 0.462 e. The summed E-state index contributed by atoms with van der Waals surface area (Å²) in [5.74, 6) is -1.49. The second kappa shape index (κ2) is 58.1. The van der Waals surface area contributed by atoms with Gasteiger partial charge in [-0.1, -0.05) is 222 Å². The molecule has 0 aliphatic heterocycles. The number of carbonyl (C=O) groups is 3. The molecule has 0 aromatic heterocycles. The predicted octanol–water partition coefficient (Wildman–Crippen LogP) is 18.5. The van der Waals surface area contributed by atoms with Crippen molar-refractivity contribution in [2.24, 2.45) is 0 Å². The summed E-state index contributed by atoms with van der Waals surface area (Å²) in [5, 5.41) is 9.84. The number of ether oxygens (including phenoxy) is 3. The Hall–Kier alpha value is -3.08. The van der Waals surface area contributed by atoms with Crippen molar-refractivity contribution in [3.63, 3.8) is 0 Å². The molecular formula is C64H113O11P. The highest BCUT2D eigenvalue weighted by Crippen LogP contribution is 2.43. The van der Waals surface area contributed by atoms with E-state index in [1.165, 1.54) is 89.9 Å². The van der Waals surface area contributed by atoms with Crippen molar-refractivity contribution in [2.75, 3.05) is 26.4 Å². The molecule has 0 saturated heterocycles. The summed E-state index contributed by atoms with van der Waals surface area (Å²) in [5.41, 5.74) is 0. The maximum atomic E-state index is 12.9. The molecule has 0 saturated carbocycles. The van der Waals surface area contributed by atoms with Crippen molar-refractivity contribution < 1.29 is 52.2 Å². The third-order valence-electron chi connectivity index (χ3n) is 13.1. The summed E-state index contributed by atoms with van der Waals surface area (Å²) < 4.78 is 39.6. The number of phosphoric ester groups is 1. The summed E-state index contributed by atoms with van der Waals surface area (Å²) in [6, 6.07) is 0. The number of rotatable bonds is 57. The molecule has 0 heterocycles. The molecule has 0 radical (unpaired) electrons. The van der Waals surface area contributed by atoms with E-state index in [-0.39, 0.29) is 25.9 Å². The molecule has 2 N–H and O–H groups in total. The zero-order valence-electron chi connectivity index (χ0n) is 48.7. The molecule has 3 atom stereocenters. The van der Waals surface area contributed by atoms with Crippen LogP contribution in [0.2, 0.25) is 0 Å². The first-order valence-electron chi connectivity index (χ1n) is 30.8. The minimum absolute atomic E-state index is 0.148. The third-order valence-corrected chi connectivity index (χ3v) is 14.0. The van der Waals surface area contributed by atoms with Gasteiger partial charge in [0.05, 0.1) is 19.8 Å². The summed E-state index contributed by atoms with van der Waals surface area (Å²) >= 11 is 0. The Morgan fingerprint density at radius 3 is 1.08 bits per heavy atom. The molecule has 0 amide bonds. The number of allylic oxidation sites excluding steroid dienone is 12. The summed E-state index contributed by atoms with van der Waals surface area (Å²) in [4.78, 5) is 48.6. The van der Waals surface area contributed by atoms with Crippen LogP contribution < -0.4 is 0 Å². The van der Waals surface area contributed by atoms with Crippen LogP contribution in [0, 0.1) is 0 Å². The number of esters is 3. The van der Waals surface area contributed by atoms with Crippen LogP contribution in [0.25, 0.3) is 0 Å². The fraction of sp³-hybridized carbons (Fsp3) is 0.766. The van der Waals surface area contributed by atoms with Crippen LogP contribution in [0.15, 0.2) is 72.9 Å². The quantitative estimate of drug-likeness (QED) is 0.0197. The lowest BCUT2D eigenvalue weighted by atomic mass is 10.1. The summed E-state index contributed by atoms with van der Waals surface area (Å²) in [6.07, 6.45) is 65.6. The van der Waals surface area contributed by atoms with Gasteiger partial charge in [0, 0.05) is 19.3 Å². The Morgan fingerprint density at radius 2 is 0.684 bits per heavy atom. The van der Waals surface area contributed by atoms with Crippen molar-refractivity contribution >= 4 is 25.7 Å². The lowest BCUT2D eigenvalue weighted by Crippen LogP contribution is -2.30. The monoisotopic (exact) mass is 1090 g/mol. The number of carbonyl (C=O) groups excluding carboxylic acids is 3. The van der Waals surface area contributed by atoms with E-state index in [1.807, 2.05) is 0 Å². The topological polar surface area (TPSA) is 155 Å². The molecule has 11 nitrogen and oxygen atoms in total. The molecule has 76 heavy (non-hydrogen) atoms. The number of phosphoric acid groups is 1. The average molecular weight is 1090 g/mol. The average Bonchev–Trinajstić information content (AvgIpc) is 3.41. The molecule has 440 valence electrons. The zero-order chi connectivity index (χ0) is 55.5. The highest BCUT2D eigenvalue weighted by molar-refractivity contribution is 7.47. The number of aliphatic hydroxyl groups is 1. The molecule has 0 bridgehead atoms. The zero-order valence-corrected chi connectivity index (χ0v) is 49.6. The number of unbranched alkanes of at least 4 members (excludes halogenated alkanes) is 28. The van der Waals surface area contributed by atoms with Crippen LogP contribution in [0.4, 0.5) is 0 Å². The van der Waals surface area contributed by atoms with E-state index in [0.717, 1.165) is 128 Å². The van der Waals surface area contributed by atoms with Gasteiger partial charge in [0.25, 0.3) is 0 Å². The van der Waals surface area contributed by atoms with Gasteiger partial charge in [-0.25, -0.2) is 4.57 Å². The van der Waals surface area contributed by atoms with Gasteiger partial charge in [0.2, 0.25) is 0 Å². The Morgan fingerprint density at radius 1 is 0.382 bits per heavy atom. The highest BCUT2D eigenvalue weighted by Gasteiger charge is 2.28. The first-order valence-corrected chi connectivity index (χ1v) is 32.3. The Kier molecular flexibility index (Phi) is 55.7. The maximum absolute atomic E-state index is 12.9. The van der Waals surface area contributed by atoms with Crippen molar-refractivity contribution in [2.45, 2.75) is 290 Å². The van der Waals surface area contributed by atoms with Crippen molar-refractivity contribution in [1.82, 2.24) is 0 Å². The molecule has 0 fully saturated rings. The maximum Gasteiger partial charge on any atom is 0.472 e. The molecule has 0 aromatic rings. The van der Waals surface area contributed by atoms with E-state index in [0.29, 0.717) is 19.3 Å². The van der Waals surface area contributed by atoms with E-state index in [1.54, 1.807) is 0 Å².